The first-order valence-corrected chi connectivity index (χ1v) is 7.49. The van der Waals surface area contributed by atoms with Crippen LogP contribution in [0.2, 0.25) is 0 Å². The third-order valence-corrected chi connectivity index (χ3v) is 4.38. The minimum absolute atomic E-state index is 0.273. The van der Waals surface area contributed by atoms with Crippen LogP contribution in [0.1, 0.15) is 24.2 Å². The predicted octanol–water partition coefficient (Wildman–Crippen LogP) is 0.647. The molecule has 0 saturated carbocycles. The maximum absolute atomic E-state index is 12.1. The van der Waals surface area contributed by atoms with Gasteiger partial charge in [0, 0.05) is 6.54 Å². The maximum Gasteiger partial charge on any atom is 0.244 e. The molecule has 0 radical (unpaired) electrons. The minimum Gasteiger partial charge on any atom is -0.309 e. The van der Waals surface area contributed by atoms with Gasteiger partial charge in [0.2, 0.25) is 10.0 Å². The third kappa shape index (κ3) is 4.08. The van der Waals surface area contributed by atoms with E-state index < -0.39 is 10.0 Å². The summed E-state index contributed by atoms with van der Waals surface area (Å²) in [7, 11) is 0.568. The summed E-state index contributed by atoms with van der Waals surface area (Å²) in [5.41, 5.74) is 1.08. The molecule has 0 aliphatic rings. The molecule has 6 nitrogen and oxygen atoms in total. The summed E-state index contributed by atoms with van der Waals surface area (Å²) in [5, 5.41) is 6.58. The highest BCUT2D eigenvalue weighted by Crippen LogP contribution is 2.15. The van der Waals surface area contributed by atoms with Gasteiger partial charge in [-0.05, 0) is 47.3 Å². The van der Waals surface area contributed by atoms with Crippen LogP contribution in [0.25, 0.3) is 0 Å². The number of hydrogen-bond acceptors (Lipinski definition) is 4. The standard InChI is InChI=1S/C11H22N4O2S/c1-9-11(10(2)14-13-9)18(16,17)12-7-5-6-8-15(3)4/h12H,5-8H2,1-4H3,(H,13,14). The fourth-order valence-electron chi connectivity index (χ4n) is 1.77. The average Bonchev–Trinajstić information content (AvgIpc) is 2.57. The Bertz CT molecular complexity index is 460. The van der Waals surface area contributed by atoms with Crippen molar-refractivity contribution in [3.05, 3.63) is 11.4 Å². The van der Waals surface area contributed by atoms with E-state index in [-0.39, 0.29) is 4.90 Å². The number of aromatic nitrogens is 2. The molecule has 0 saturated heterocycles. The Hall–Kier alpha value is -0.920. The summed E-state index contributed by atoms with van der Waals surface area (Å²) in [6.07, 6.45) is 1.80. The predicted molar refractivity (Wildman–Crippen MR) is 71.0 cm³/mol. The number of sulfonamides is 1. The van der Waals surface area contributed by atoms with Crippen molar-refractivity contribution in [2.24, 2.45) is 0 Å². The van der Waals surface area contributed by atoms with Crippen LogP contribution in [0.3, 0.4) is 0 Å². The van der Waals surface area contributed by atoms with E-state index in [1.807, 2.05) is 14.1 Å². The first-order valence-electron chi connectivity index (χ1n) is 6.00. The molecule has 0 unspecified atom stereocenters. The molecular formula is C11H22N4O2S. The molecule has 0 spiro atoms. The lowest BCUT2D eigenvalue weighted by atomic mass is 10.3. The van der Waals surface area contributed by atoms with Gasteiger partial charge in [-0.25, -0.2) is 13.1 Å². The summed E-state index contributed by atoms with van der Waals surface area (Å²) >= 11 is 0. The van der Waals surface area contributed by atoms with Gasteiger partial charge in [-0.2, -0.15) is 5.10 Å². The Morgan fingerprint density at radius 3 is 2.44 bits per heavy atom. The summed E-state index contributed by atoms with van der Waals surface area (Å²) < 4.78 is 26.7. The quantitative estimate of drug-likeness (QED) is 0.716. The zero-order chi connectivity index (χ0) is 13.8. The molecule has 1 aromatic heterocycles. The van der Waals surface area contributed by atoms with E-state index in [0.717, 1.165) is 19.4 Å². The van der Waals surface area contributed by atoms with Crippen molar-refractivity contribution < 1.29 is 8.42 Å². The van der Waals surface area contributed by atoms with Crippen LogP contribution in [0.4, 0.5) is 0 Å². The summed E-state index contributed by atoms with van der Waals surface area (Å²) in [4.78, 5) is 2.36. The lowest BCUT2D eigenvalue weighted by Gasteiger charge is -2.10. The normalized spacial score (nSPS) is 12.3. The van der Waals surface area contributed by atoms with Gasteiger partial charge < -0.3 is 4.90 Å². The lowest BCUT2D eigenvalue weighted by molar-refractivity contribution is 0.394. The van der Waals surface area contributed by atoms with Crippen LogP contribution >= 0.6 is 0 Å². The van der Waals surface area contributed by atoms with E-state index in [9.17, 15) is 8.42 Å². The van der Waals surface area contributed by atoms with E-state index in [0.29, 0.717) is 17.9 Å². The van der Waals surface area contributed by atoms with Gasteiger partial charge >= 0.3 is 0 Å². The zero-order valence-electron chi connectivity index (χ0n) is 11.4. The molecule has 1 heterocycles. The van der Waals surface area contributed by atoms with Crippen LogP contribution in [0.15, 0.2) is 4.90 Å². The molecule has 104 valence electrons. The minimum atomic E-state index is -3.44. The number of nitrogens with zero attached hydrogens (tertiary/aromatic N) is 2. The maximum atomic E-state index is 12.1. The topological polar surface area (TPSA) is 78.1 Å². The number of unbranched alkanes of at least 4 members (excludes halogenated alkanes) is 1. The molecule has 0 atom stereocenters. The molecular weight excluding hydrogens is 252 g/mol. The van der Waals surface area contributed by atoms with Crippen LogP contribution in [0, 0.1) is 13.8 Å². The molecule has 0 aromatic carbocycles. The molecule has 0 aliphatic carbocycles. The monoisotopic (exact) mass is 274 g/mol. The number of hydrogen-bond donors (Lipinski definition) is 2. The van der Waals surface area contributed by atoms with Crippen LogP contribution in [-0.4, -0.2) is 50.7 Å². The van der Waals surface area contributed by atoms with E-state index in [1.54, 1.807) is 13.8 Å². The Balaban J connectivity index is 2.51. The molecule has 2 N–H and O–H groups in total. The van der Waals surface area contributed by atoms with Gasteiger partial charge in [-0.3, -0.25) is 5.10 Å². The van der Waals surface area contributed by atoms with Gasteiger partial charge in [-0.15, -0.1) is 0 Å². The first-order chi connectivity index (χ1) is 8.34. The van der Waals surface area contributed by atoms with Crippen LogP contribution in [-0.2, 0) is 10.0 Å². The molecule has 0 amide bonds. The number of H-pyrrole nitrogens is 1. The van der Waals surface area contributed by atoms with E-state index >= 15 is 0 Å². The second-order valence-corrected chi connectivity index (χ2v) is 6.38. The van der Waals surface area contributed by atoms with Crippen LogP contribution < -0.4 is 4.72 Å². The fourth-order valence-corrected chi connectivity index (χ4v) is 3.21. The number of aromatic amines is 1. The van der Waals surface area contributed by atoms with Gasteiger partial charge in [-0.1, -0.05) is 0 Å². The van der Waals surface area contributed by atoms with Crippen LogP contribution in [0.5, 0.6) is 0 Å². The van der Waals surface area contributed by atoms with Crippen molar-refractivity contribution in [1.29, 1.82) is 0 Å². The number of rotatable bonds is 7. The Morgan fingerprint density at radius 1 is 1.28 bits per heavy atom. The number of nitrogens with one attached hydrogen (secondary N) is 2. The highest BCUT2D eigenvalue weighted by Gasteiger charge is 2.21. The third-order valence-electron chi connectivity index (χ3n) is 2.65. The van der Waals surface area contributed by atoms with E-state index in [2.05, 4.69) is 19.8 Å². The van der Waals surface area contributed by atoms with Crippen molar-refractivity contribution in [3.8, 4) is 0 Å². The van der Waals surface area contributed by atoms with Gasteiger partial charge in [0.15, 0.2) is 0 Å². The molecule has 1 aromatic rings. The smallest absolute Gasteiger partial charge is 0.244 e. The molecule has 0 bridgehead atoms. The Kier molecular flexibility index (Phi) is 5.30. The van der Waals surface area contributed by atoms with Gasteiger partial charge in [0.05, 0.1) is 11.4 Å². The van der Waals surface area contributed by atoms with Crippen molar-refractivity contribution >= 4 is 10.0 Å². The van der Waals surface area contributed by atoms with E-state index in [4.69, 9.17) is 0 Å². The van der Waals surface area contributed by atoms with Crippen molar-refractivity contribution in [3.63, 3.8) is 0 Å². The largest absolute Gasteiger partial charge is 0.309 e. The highest BCUT2D eigenvalue weighted by molar-refractivity contribution is 7.89. The Labute approximate surface area is 109 Å². The van der Waals surface area contributed by atoms with Gasteiger partial charge in [0.25, 0.3) is 0 Å². The molecule has 18 heavy (non-hydrogen) atoms. The number of aryl methyl sites for hydroxylation is 2. The summed E-state index contributed by atoms with van der Waals surface area (Å²) in [5.74, 6) is 0. The highest BCUT2D eigenvalue weighted by atomic mass is 32.2. The summed E-state index contributed by atoms with van der Waals surface area (Å²) in [6, 6.07) is 0. The summed E-state index contributed by atoms with van der Waals surface area (Å²) in [6.45, 7) is 4.82. The molecule has 0 fully saturated rings. The molecule has 7 heteroatoms. The molecule has 0 aliphatic heterocycles. The fraction of sp³-hybridized carbons (Fsp3) is 0.727. The zero-order valence-corrected chi connectivity index (χ0v) is 12.3. The van der Waals surface area contributed by atoms with Crippen molar-refractivity contribution in [2.75, 3.05) is 27.2 Å². The Morgan fingerprint density at radius 2 is 1.94 bits per heavy atom. The van der Waals surface area contributed by atoms with E-state index in [1.165, 1.54) is 0 Å². The average molecular weight is 274 g/mol. The van der Waals surface area contributed by atoms with Gasteiger partial charge in [0.1, 0.15) is 4.90 Å². The van der Waals surface area contributed by atoms with Crippen molar-refractivity contribution in [1.82, 2.24) is 19.8 Å². The SMILES string of the molecule is Cc1n[nH]c(C)c1S(=O)(=O)NCCCCN(C)C. The second-order valence-electron chi connectivity index (χ2n) is 4.67. The van der Waals surface area contributed by atoms with Crippen molar-refractivity contribution in [2.45, 2.75) is 31.6 Å². The first kappa shape index (κ1) is 15.1. The lowest BCUT2D eigenvalue weighted by Crippen LogP contribution is -2.26. The molecule has 1 rings (SSSR count). The second kappa shape index (κ2) is 6.31.